The molecule has 6 nitrogen and oxygen atoms in total. The standard InChI is InChI=1S/C25H28N6/c1-4-19-10-7-13-22(16-19)28-25-30-23(26-20-11-5-8-17(2)14-20)29-24(31-25)27-21-12-6-9-18(3)15-21/h5-16,23,26H,4H2,1-3H3,(H3,27,28,29,30,31). The summed E-state index contributed by atoms with van der Waals surface area (Å²) < 4.78 is 0. The van der Waals surface area contributed by atoms with E-state index in [-0.39, 0.29) is 0 Å². The second-order valence-corrected chi connectivity index (χ2v) is 7.64. The lowest BCUT2D eigenvalue weighted by Gasteiger charge is -2.24. The summed E-state index contributed by atoms with van der Waals surface area (Å²) in [6.07, 6.45) is 0.515. The van der Waals surface area contributed by atoms with Crippen LogP contribution in [0.3, 0.4) is 0 Å². The molecule has 0 fully saturated rings. The Morgan fingerprint density at radius 3 is 1.90 bits per heavy atom. The van der Waals surface area contributed by atoms with E-state index in [4.69, 9.17) is 9.98 Å². The number of aliphatic imine (C=N–C) groups is 2. The molecule has 0 radical (unpaired) electrons. The molecule has 0 aromatic heterocycles. The number of rotatable bonds is 5. The Balaban J connectivity index is 1.58. The third-order valence-corrected chi connectivity index (χ3v) is 4.93. The summed E-state index contributed by atoms with van der Waals surface area (Å²) in [4.78, 5) is 9.44. The molecular weight excluding hydrogens is 384 g/mol. The first-order valence-electron chi connectivity index (χ1n) is 10.5. The van der Waals surface area contributed by atoms with Crippen molar-refractivity contribution in [3.63, 3.8) is 0 Å². The molecule has 0 aliphatic carbocycles. The van der Waals surface area contributed by atoms with E-state index in [1.807, 2.05) is 36.4 Å². The van der Waals surface area contributed by atoms with Crippen LogP contribution in [-0.4, -0.2) is 18.2 Å². The summed E-state index contributed by atoms with van der Waals surface area (Å²) in [6, 6.07) is 24.7. The molecule has 4 N–H and O–H groups in total. The average molecular weight is 413 g/mol. The molecule has 1 unspecified atom stereocenters. The molecule has 0 saturated heterocycles. The van der Waals surface area contributed by atoms with Crippen molar-refractivity contribution in [3.05, 3.63) is 89.5 Å². The van der Waals surface area contributed by atoms with Gasteiger partial charge in [0.2, 0.25) is 18.2 Å². The Kier molecular flexibility index (Phi) is 6.17. The van der Waals surface area contributed by atoms with Crippen LogP contribution in [-0.2, 0) is 6.42 Å². The number of hydrogen-bond acceptors (Lipinski definition) is 6. The molecule has 1 atom stereocenters. The lowest BCUT2D eigenvalue weighted by atomic mass is 10.1. The van der Waals surface area contributed by atoms with Crippen molar-refractivity contribution in [2.24, 2.45) is 9.98 Å². The summed E-state index contributed by atoms with van der Waals surface area (Å²) in [6.45, 7) is 6.28. The molecule has 6 heteroatoms. The van der Waals surface area contributed by atoms with Gasteiger partial charge in [0.05, 0.1) is 0 Å². The molecule has 0 bridgehead atoms. The normalized spacial score (nSPS) is 15.4. The molecule has 0 spiro atoms. The Labute approximate surface area is 183 Å². The third-order valence-electron chi connectivity index (χ3n) is 4.93. The van der Waals surface area contributed by atoms with Crippen LogP contribution < -0.4 is 21.3 Å². The highest BCUT2D eigenvalue weighted by Gasteiger charge is 2.17. The minimum atomic E-state index is -0.466. The van der Waals surface area contributed by atoms with Gasteiger partial charge in [-0.15, -0.1) is 0 Å². The zero-order valence-electron chi connectivity index (χ0n) is 18.1. The lowest BCUT2D eigenvalue weighted by molar-refractivity contribution is 0.784. The number of guanidine groups is 2. The second-order valence-electron chi connectivity index (χ2n) is 7.64. The van der Waals surface area contributed by atoms with Crippen LogP contribution in [0.2, 0.25) is 0 Å². The van der Waals surface area contributed by atoms with E-state index in [1.165, 1.54) is 16.7 Å². The van der Waals surface area contributed by atoms with Gasteiger partial charge in [-0.3, -0.25) is 5.32 Å². The quantitative estimate of drug-likeness (QED) is 0.470. The van der Waals surface area contributed by atoms with Gasteiger partial charge in [0, 0.05) is 17.1 Å². The van der Waals surface area contributed by atoms with Gasteiger partial charge in [0.25, 0.3) is 0 Å². The molecule has 158 valence electrons. The van der Waals surface area contributed by atoms with E-state index < -0.39 is 6.29 Å². The fourth-order valence-corrected chi connectivity index (χ4v) is 3.39. The molecule has 1 aliphatic rings. The first-order valence-corrected chi connectivity index (χ1v) is 10.5. The van der Waals surface area contributed by atoms with Crippen molar-refractivity contribution in [1.29, 1.82) is 0 Å². The predicted octanol–water partition coefficient (Wildman–Crippen LogP) is 5.10. The maximum atomic E-state index is 4.72. The van der Waals surface area contributed by atoms with Crippen LogP contribution in [0.1, 0.15) is 23.6 Å². The van der Waals surface area contributed by atoms with Gasteiger partial charge in [0.1, 0.15) is 0 Å². The molecule has 1 heterocycles. The Hall–Kier alpha value is -3.80. The van der Waals surface area contributed by atoms with Crippen LogP contribution in [0.25, 0.3) is 0 Å². The fourth-order valence-electron chi connectivity index (χ4n) is 3.39. The monoisotopic (exact) mass is 412 g/mol. The largest absolute Gasteiger partial charge is 0.345 e. The van der Waals surface area contributed by atoms with E-state index in [0.717, 1.165) is 23.5 Å². The summed E-state index contributed by atoms with van der Waals surface area (Å²) in [5.74, 6) is 1.25. The molecule has 3 aromatic rings. The van der Waals surface area contributed by atoms with Crippen molar-refractivity contribution in [1.82, 2.24) is 5.32 Å². The van der Waals surface area contributed by atoms with Crippen molar-refractivity contribution in [3.8, 4) is 0 Å². The Morgan fingerprint density at radius 2 is 1.29 bits per heavy atom. The second kappa shape index (κ2) is 9.34. The summed E-state index contributed by atoms with van der Waals surface area (Å²) in [5.41, 5.74) is 6.55. The van der Waals surface area contributed by atoms with Gasteiger partial charge < -0.3 is 16.0 Å². The van der Waals surface area contributed by atoms with Gasteiger partial charge >= 0.3 is 0 Å². The highest BCUT2D eigenvalue weighted by molar-refractivity contribution is 6.10. The van der Waals surface area contributed by atoms with E-state index >= 15 is 0 Å². The van der Waals surface area contributed by atoms with E-state index in [2.05, 4.69) is 78.4 Å². The maximum absolute atomic E-state index is 4.72. The Morgan fingerprint density at radius 1 is 0.742 bits per heavy atom. The zero-order valence-corrected chi connectivity index (χ0v) is 18.1. The minimum absolute atomic E-state index is 0.466. The first-order chi connectivity index (χ1) is 15.1. The molecule has 31 heavy (non-hydrogen) atoms. The molecule has 1 aliphatic heterocycles. The minimum Gasteiger partial charge on any atom is -0.345 e. The molecule has 0 saturated carbocycles. The lowest BCUT2D eigenvalue weighted by Crippen LogP contribution is -2.45. The molecule has 0 amide bonds. The van der Waals surface area contributed by atoms with E-state index in [1.54, 1.807) is 0 Å². The van der Waals surface area contributed by atoms with Gasteiger partial charge in [0.15, 0.2) is 0 Å². The van der Waals surface area contributed by atoms with Crippen LogP contribution in [0, 0.1) is 13.8 Å². The van der Waals surface area contributed by atoms with Gasteiger partial charge in [-0.25, -0.2) is 9.98 Å². The van der Waals surface area contributed by atoms with Crippen molar-refractivity contribution >= 4 is 29.0 Å². The van der Waals surface area contributed by atoms with Gasteiger partial charge in [-0.05, 0) is 73.4 Å². The number of nitrogens with one attached hydrogen (secondary N) is 4. The maximum Gasteiger partial charge on any atom is 0.221 e. The van der Waals surface area contributed by atoms with Crippen LogP contribution in [0.15, 0.2) is 82.8 Å². The van der Waals surface area contributed by atoms with Gasteiger partial charge in [-0.1, -0.05) is 43.3 Å². The highest BCUT2D eigenvalue weighted by Crippen LogP contribution is 2.16. The molecule has 4 rings (SSSR count). The highest BCUT2D eigenvalue weighted by atomic mass is 15.4. The SMILES string of the molecule is CCc1cccc(NC2=NC(Nc3cccc(C)c3)N=C(Nc3cccc(C)c3)N2)c1. The van der Waals surface area contributed by atoms with Crippen LogP contribution in [0.4, 0.5) is 17.1 Å². The number of anilines is 3. The zero-order chi connectivity index (χ0) is 21.6. The summed E-state index contributed by atoms with van der Waals surface area (Å²) >= 11 is 0. The third kappa shape index (κ3) is 5.63. The average Bonchev–Trinajstić information content (AvgIpc) is 2.74. The predicted molar refractivity (Wildman–Crippen MR) is 131 cm³/mol. The number of hydrogen-bond donors (Lipinski definition) is 4. The van der Waals surface area contributed by atoms with Crippen molar-refractivity contribution < 1.29 is 0 Å². The number of nitrogens with zero attached hydrogens (tertiary/aromatic N) is 2. The number of benzene rings is 3. The van der Waals surface area contributed by atoms with E-state index in [0.29, 0.717) is 11.9 Å². The fraction of sp³-hybridized carbons (Fsp3) is 0.200. The number of aryl methyl sites for hydroxylation is 3. The van der Waals surface area contributed by atoms with Crippen LogP contribution in [0.5, 0.6) is 0 Å². The van der Waals surface area contributed by atoms with Crippen molar-refractivity contribution in [2.45, 2.75) is 33.5 Å². The summed E-state index contributed by atoms with van der Waals surface area (Å²) in [5, 5.41) is 13.4. The van der Waals surface area contributed by atoms with Gasteiger partial charge in [-0.2, -0.15) is 0 Å². The van der Waals surface area contributed by atoms with Crippen molar-refractivity contribution in [2.75, 3.05) is 16.0 Å². The first kappa shape index (κ1) is 20.5. The topological polar surface area (TPSA) is 72.8 Å². The van der Waals surface area contributed by atoms with E-state index in [9.17, 15) is 0 Å². The van der Waals surface area contributed by atoms with Crippen LogP contribution >= 0.6 is 0 Å². The molecule has 3 aromatic carbocycles. The molecular formula is C25H28N6. The Bertz CT molecular complexity index is 1120. The summed E-state index contributed by atoms with van der Waals surface area (Å²) in [7, 11) is 0. The smallest absolute Gasteiger partial charge is 0.221 e.